The summed E-state index contributed by atoms with van der Waals surface area (Å²) in [6, 6.07) is 4.50. The van der Waals surface area contributed by atoms with E-state index in [4.69, 9.17) is 10.8 Å². The highest BCUT2D eigenvalue weighted by Crippen LogP contribution is 2.20. The van der Waals surface area contributed by atoms with Crippen LogP contribution < -0.4 is 11.1 Å². The van der Waals surface area contributed by atoms with Gasteiger partial charge in [0.25, 0.3) is 0 Å². The van der Waals surface area contributed by atoms with Crippen molar-refractivity contribution in [2.75, 3.05) is 11.9 Å². The molecule has 0 fully saturated rings. The van der Waals surface area contributed by atoms with Crippen molar-refractivity contribution in [3.63, 3.8) is 0 Å². The van der Waals surface area contributed by atoms with Gasteiger partial charge in [0.05, 0.1) is 12.1 Å². The van der Waals surface area contributed by atoms with E-state index >= 15 is 0 Å². The number of nitrogens with one attached hydrogen (secondary N) is 1. The molecule has 5 nitrogen and oxygen atoms in total. The maximum absolute atomic E-state index is 11.0. The molecule has 0 aliphatic carbocycles. The molecule has 1 rings (SSSR count). The SMILES string of the molecule is NCC(=O)Nc1ccc(Br)c(C(=O)O)c1. The number of hydrogen-bond donors (Lipinski definition) is 3. The molecule has 0 atom stereocenters. The number of halogens is 1. The Morgan fingerprint density at radius 3 is 2.67 bits per heavy atom. The zero-order valence-electron chi connectivity index (χ0n) is 7.66. The number of carboxylic acids is 1. The number of anilines is 1. The molecule has 4 N–H and O–H groups in total. The van der Waals surface area contributed by atoms with Crippen molar-refractivity contribution in [3.05, 3.63) is 28.2 Å². The maximum Gasteiger partial charge on any atom is 0.336 e. The third-order valence-electron chi connectivity index (χ3n) is 1.67. The van der Waals surface area contributed by atoms with Gasteiger partial charge < -0.3 is 16.2 Å². The molecule has 6 heteroatoms. The van der Waals surface area contributed by atoms with Crippen LogP contribution in [0.2, 0.25) is 0 Å². The highest BCUT2D eigenvalue weighted by atomic mass is 79.9. The predicted octanol–water partition coefficient (Wildman–Crippen LogP) is 1.04. The molecule has 0 aliphatic heterocycles. The number of carboxylic acid groups (broad SMARTS) is 1. The highest BCUT2D eigenvalue weighted by molar-refractivity contribution is 9.10. The molecule has 1 amide bonds. The minimum absolute atomic E-state index is 0.0878. The Hall–Kier alpha value is -1.40. The van der Waals surface area contributed by atoms with Crippen molar-refractivity contribution < 1.29 is 14.7 Å². The van der Waals surface area contributed by atoms with E-state index in [-0.39, 0.29) is 18.0 Å². The zero-order chi connectivity index (χ0) is 11.4. The summed E-state index contributed by atoms with van der Waals surface area (Å²) in [6.45, 7) is -0.140. The number of nitrogens with two attached hydrogens (primary N) is 1. The third-order valence-corrected chi connectivity index (χ3v) is 2.36. The Morgan fingerprint density at radius 1 is 1.47 bits per heavy atom. The van der Waals surface area contributed by atoms with Gasteiger partial charge in [-0.15, -0.1) is 0 Å². The molecule has 0 aliphatic rings. The van der Waals surface area contributed by atoms with Crippen LogP contribution in [0.15, 0.2) is 22.7 Å². The molecule has 0 spiro atoms. The van der Waals surface area contributed by atoms with Gasteiger partial charge >= 0.3 is 5.97 Å². The van der Waals surface area contributed by atoms with Crippen molar-refractivity contribution in [2.24, 2.45) is 5.73 Å². The van der Waals surface area contributed by atoms with E-state index in [0.717, 1.165) is 0 Å². The van der Waals surface area contributed by atoms with Crippen LogP contribution in [-0.4, -0.2) is 23.5 Å². The summed E-state index contributed by atoms with van der Waals surface area (Å²) in [5.74, 6) is -1.43. The summed E-state index contributed by atoms with van der Waals surface area (Å²) in [7, 11) is 0. The Bertz CT molecular complexity index is 406. The van der Waals surface area contributed by atoms with Gasteiger partial charge in [0.1, 0.15) is 0 Å². The van der Waals surface area contributed by atoms with Crippen LogP contribution in [0, 0.1) is 0 Å². The molecular weight excluding hydrogens is 264 g/mol. The molecule has 0 heterocycles. The molecule has 0 bridgehead atoms. The fourth-order valence-electron chi connectivity index (χ4n) is 0.979. The molecule has 80 valence electrons. The van der Waals surface area contributed by atoms with Crippen molar-refractivity contribution in [3.8, 4) is 0 Å². The van der Waals surface area contributed by atoms with Gasteiger partial charge in [-0.25, -0.2) is 4.79 Å². The van der Waals surface area contributed by atoms with E-state index in [9.17, 15) is 9.59 Å². The number of carbonyl (C=O) groups excluding carboxylic acids is 1. The second-order valence-corrected chi connectivity index (χ2v) is 3.61. The van der Waals surface area contributed by atoms with Crippen LogP contribution in [0.3, 0.4) is 0 Å². The van der Waals surface area contributed by atoms with Gasteiger partial charge in [-0.05, 0) is 34.1 Å². The standard InChI is InChI=1S/C9H9BrN2O3/c10-7-2-1-5(12-8(13)4-11)3-6(7)9(14)15/h1-3H,4,11H2,(H,12,13)(H,14,15). The quantitative estimate of drug-likeness (QED) is 0.767. The number of rotatable bonds is 3. The number of benzene rings is 1. The second-order valence-electron chi connectivity index (χ2n) is 2.75. The van der Waals surface area contributed by atoms with Crippen LogP contribution in [0.1, 0.15) is 10.4 Å². The maximum atomic E-state index is 11.0. The Labute approximate surface area is 94.4 Å². The van der Waals surface area contributed by atoms with E-state index in [0.29, 0.717) is 10.2 Å². The predicted molar refractivity (Wildman–Crippen MR) is 58.8 cm³/mol. The number of amides is 1. The first-order chi connectivity index (χ1) is 7.04. The van der Waals surface area contributed by atoms with Crippen LogP contribution in [0.4, 0.5) is 5.69 Å². The lowest BCUT2D eigenvalue weighted by Gasteiger charge is -2.05. The fourth-order valence-corrected chi connectivity index (χ4v) is 1.40. The summed E-state index contributed by atoms with van der Waals surface area (Å²) < 4.78 is 0.459. The zero-order valence-corrected chi connectivity index (χ0v) is 9.24. The average molecular weight is 273 g/mol. The molecular formula is C9H9BrN2O3. The van der Waals surface area contributed by atoms with E-state index in [2.05, 4.69) is 21.2 Å². The molecule has 15 heavy (non-hydrogen) atoms. The van der Waals surface area contributed by atoms with Gasteiger partial charge in [0.15, 0.2) is 0 Å². The topological polar surface area (TPSA) is 92.4 Å². The number of carbonyl (C=O) groups is 2. The lowest BCUT2D eigenvalue weighted by Crippen LogP contribution is -2.21. The summed E-state index contributed by atoms with van der Waals surface area (Å²) in [4.78, 5) is 21.7. The molecule has 0 saturated carbocycles. The van der Waals surface area contributed by atoms with Crippen LogP contribution >= 0.6 is 15.9 Å². The van der Waals surface area contributed by atoms with Crippen molar-refractivity contribution in [1.82, 2.24) is 0 Å². The fraction of sp³-hybridized carbons (Fsp3) is 0.111. The number of hydrogen-bond acceptors (Lipinski definition) is 3. The summed E-state index contributed by atoms with van der Waals surface area (Å²) in [5, 5.41) is 11.3. The van der Waals surface area contributed by atoms with Gasteiger partial charge in [0, 0.05) is 10.2 Å². The molecule has 0 unspecified atom stereocenters. The number of aromatic carboxylic acids is 1. The first-order valence-corrected chi connectivity index (χ1v) is 4.86. The summed E-state index contributed by atoms with van der Waals surface area (Å²) in [6.07, 6.45) is 0. The Morgan fingerprint density at radius 2 is 2.13 bits per heavy atom. The summed E-state index contributed by atoms with van der Waals surface area (Å²) >= 11 is 3.10. The van der Waals surface area contributed by atoms with Crippen LogP contribution in [0.25, 0.3) is 0 Å². The van der Waals surface area contributed by atoms with Crippen LogP contribution in [-0.2, 0) is 4.79 Å². The highest BCUT2D eigenvalue weighted by Gasteiger charge is 2.09. The van der Waals surface area contributed by atoms with Crippen molar-refractivity contribution in [2.45, 2.75) is 0 Å². The molecule has 0 saturated heterocycles. The molecule has 0 aromatic heterocycles. The first-order valence-electron chi connectivity index (χ1n) is 4.07. The smallest absolute Gasteiger partial charge is 0.336 e. The molecule has 1 aromatic carbocycles. The lowest BCUT2D eigenvalue weighted by molar-refractivity contribution is -0.114. The minimum atomic E-state index is -1.06. The van der Waals surface area contributed by atoms with Gasteiger partial charge in [-0.1, -0.05) is 0 Å². The average Bonchev–Trinajstić information content (AvgIpc) is 2.20. The monoisotopic (exact) mass is 272 g/mol. The van der Waals surface area contributed by atoms with Crippen LogP contribution in [0.5, 0.6) is 0 Å². The van der Waals surface area contributed by atoms with Crippen molar-refractivity contribution >= 4 is 33.5 Å². The first kappa shape index (κ1) is 11.7. The lowest BCUT2D eigenvalue weighted by atomic mass is 10.2. The van der Waals surface area contributed by atoms with Gasteiger partial charge in [0.2, 0.25) is 5.91 Å². The van der Waals surface area contributed by atoms with E-state index in [1.165, 1.54) is 6.07 Å². The van der Waals surface area contributed by atoms with Crippen molar-refractivity contribution in [1.29, 1.82) is 0 Å². The largest absolute Gasteiger partial charge is 0.478 e. The van der Waals surface area contributed by atoms with E-state index in [1.54, 1.807) is 12.1 Å². The third kappa shape index (κ3) is 3.03. The summed E-state index contributed by atoms with van der Waals surface area (Å²) in [5.41, 5.74) is 5.61. The van der Waals surface area contributed by atoms with Gasteiger partial charge in [-0.2, -0.15) is 0 Å². The molecule has 1 aromatic rings. The Kier molecular flexibility index (Phi) is 3.81. The van der Waals surface area contributed by atoms with Gasteiger partial charge in [-0.3, -0.25) is 4.79 Å². The normalized spacial score (nSPS) is 9.73. The minimum Gasteiger partial charge on any atom is -0.478 e. The second kappa shape index (κ2) is 4.90. The molecule has 0 radical (unpaired) electrons. The van der Waals surface area contributed by atoms with E-state index in [1.807, 2.05) is 0 Å². The van der Waals surface area contributed by atoms with E-state index < -0.39 is 5.97 Å². The Balaban J connectivity index is 2.97.